The van der Waals surface area contributed by atoms with Crippen molar-refractivity contribution in [3.8, 4) is 0 Å². The van der Waals surface area contributed by atoms with Gasteiger partial charge in [0, 0.05) is 17.0 Å². The lowest BCUT2D eigenvalue weighted by Gasteiger charge is -2.34. The van der Waals surface area contributed by atoms with Crippen LogP contribution in [0.3, 0.4) is 0 Å². The fraction of sp³-hybridized carbons (Fsp3) is 0.750. The molecule has 2 nitrogen and oxygen atoms in total. The van der Waals surface area contributed by atoms with E-state index in [2.05, 4.69) is 23.2 Å². The molecule has 0 radical (unpaired) electrons. The summed E-state index contributed by atoms with van der Waals surface area (Å²) < 4.78 is 0.955. The second-order valence-electron chi connectivity index (χ2n) is 6.16. The van der Waals surface area contributed by atoms with Crippen molar-refractivity contribution in [2.24, 2.45) is 0 Å². The molecule has 20 heavy (non-hydrogen) atoms. The maximum atomic E-state index is 6.14. The second kappa shape index (κ2) is 6.78. The third kappa shape index (κ3) is 3.38. The molecule has 1 saturated heterocycles. The molecule has 1 N–H and O–H groups in total. The Balaban J connectivity index is 1.48. The van der Waals surface area contributed by atoms with E-state index in [1.807, 2.05) is 0 Å². The molecule has 1 aromatic rings. The highest BCUT2D eigenvalue weighted by molar-refractivity contribution is 7.16. The van der Waals surface area contributed by atoms with Gasteiger partial charge in [0.25, 0.3) is 0 Å². The number of thiophene rings is 1. The average molecular weight is 313 g/mol. The van der Waals surface area contributed by atoms with Crippen molar-refractivity contribution in [3.63, 3.8) is 0 Å². The monoisotopic (exact) mass is 312 g/mol. The van der Waals surface area contributed by atoms with Crippen LogP contribution in [0.5, 0.6) is 0 Å². The summed E-state index contributed by atoms with van der Waals surface area (Å²) >= 11 is 7.91. The van der Waals surface area contributed by atoms with Crippen molar-refractivity contribution < 1.29 is 0 Å². The van der Waals surface area contributed by atoms with Gasteiger partial charge in [-0.15, -0.1) is 11.3 Å². The van der Waals surface area contributed by atoms with Crippen LogP contribution in [0.2, 0.25) is 4.34 Å². The van der Waals surface area contributed by atoms with E-state index in [9.17, 15) is 0 Å². The van der Waals surface area contributed by atoms with Crippen molar-refractivity contribution in [1.29, 1.82) is 0 Å². The number of likely N-dealkylation sites (tertiary alicyclic amines) is 1. The van der Waals surface area contributed by atoms with E-state index < -0.39 is 0 Å². The van der Waals surface area contributed by atoms with Gasteiger partial charge in [-0.3, -0.25) is 0 Å². The summed E-state index contributed by atoms with van der Waals surface area (Å²) in [7, 11) is 0. The molecule has 2 aliphatic rings. The molecule has 2 heterocycles. The lowest BCUT2D eigenvalue weighted by atomic mass is 10.0. The zero-order chi connectivity index (χ0) is 13.9. The molecule has 0 spiro atoms. The van der Waals surface area contributed by atoms with E-state index in [0.29, 0.717) is 12.1 Å². The van der Waals surface area contributed by atoms with Gasteiger partial charge < -0.3 is 10.2 Å². The number of hydrogen-bond donors (Lipinski definition) is 1. The number of piperidine rings is 1. The minimum Gasteiger partial charge on any atom is -0.307 e. The zero-order valence-corrected chi connectivity index (χ0v) is 13.9. The van der Waals surface area contributed by atoms with Crippen LogP contribution in [-0.4, -0.2) is 30.6 Å². The third-order valence-electron chi connectivity index (χ3n) is 4.70. The van der Waals surface area contributed by atoms with Gasteiger partial charge in [0.2, 0.25) is 0 Å². The van der Waals surface area contributed by atoms with Gasteiger partial charge in [0.1, 0.15) is 0 Å². The van der Waals surface area contributed by atoms with Crippen LogP contribution in [0.1, 0.15) is 55.5 Å². The molecule has 0 aromatic carbocycles. The van der Waals surface area contributed by atoms with Crippen LogP contribution in [0.4, 0.5) is 0 Å². The number of nitrogens with one attached hydrogen (secondary N) is 1. The Morgan fingerprint density at radius 3 is 2.90 bits per heavy atom. The fourth-order valence-corrected chi connectivity index (χ4v) is 4.85. The molecule has 1 fully saturated rings. The van der Waals surface area contributed by atoms with E-state index in [-0.39, 0.29) is 0 Å². The van der Waals surface area contributed by atoms with Crippen LogP contribution >= 0.6 is 22.9 Å². The Hall–Kier alpha value is -0.0900. The number of fused-ring (bicyclic) bond motifs is 1. The highest BCUT2D eigenvalue weighted by atomic mass is 35.5. The lowest BCUT2D eigenvalue weighted by molar-refractivity contribution is 0.188. The van der Waals surface area contributed by atoms with Gasteiger partial charge in [-0.05, 0) is 63.4 Å². The van der Waals surface area contributed by atoms with Crippen LogP contribution in [0.25, 0.3) is 0 Å². The summed E-state index contributed by atoms with van der Waals surface area (Å²) in [6.07, 6.45) is 7.72. The molecule has 3 rings (SSSR count). The Kier molecular flexibility index (Phi) is 5.03. The SMILES string of the molecule is CCCCN1CCC(NC2CCc3sc(Cl)cc32)CC1. The first-order valence-corrected chi connectivity index (χ1v) is 9.22. The molecule has 1 aromatic heterocycles. The van der Waals surface area contributed by atoms with E-state index >= 15 is 0 Å². The maximum absolute atomic E-state index is 6.14. The predicted molar refractivity (Wildman–Crippen MR) is 87.9 cm³/mol. The fourth-order valence-electron chi connectivity index (χ4n) is 3.49. The topological polar surface area (TPSA) is 15.3 Å². The molecule has 1 unspecified atom stereocenters. The molecule has 112 valence electrons. The molecular weight excluding hydrogens is 288 g/mol. The van der Waals surface area contributed by atoms with Crippen molar-refractivity contribution >= 4 is 22.9 Å². The summed E-state index contributed by atoms with van der Waals surface area (Å²) in [4.78, 5) is 4.14. The predicted octanol–water partition coefficient (Wildman–Crippen LogP) is 4.24. The van der Waals surface area contributed by atoms with Crippen LogP contribution in [0.15, 0.2) is 6.07 Å². The molecule has 1 aliphatic carbocycles. The maximum Gasteiger partial charge on any atom is 0.0934 e. The molecule has 0 saturated carbocycles. The van der Waals surface area contributed by atoms with Gasteiger partial charge in [0.15, 0.2) is 0 Å². The van der Waals surface area contributed by atoms with Gasteiger partial charge >= 0.3 is 0 Å². The minimum absolute atomic E-state index is 0.556. The van der Waals surface area contributed by atoms with Gasteiger partial charge in [-0.1, -0.05) is 24.9 Å². The van der Waals surface area contributed by atoms with E-state index in [1.165, 1.54) is 68.6 Å². The number of hydrogen-bond acceptors (Lipinski definition) is 3. The van der Waals surface area contributed by atoms with E-state index in [1.54, 1.807) is 11.3 Å². The quantitative estimate of drug-likeness (QED) is 0.874. The standard InChI is InChI=1S/C16H25ClN2S/c1-2-3-8-19-9-6-12(7-10-19)18-14-4-5-15-13(14)11-16(17)20-15/h11-12,14,18H,2-10H2,1H3. The number of unbranched alkanes of at least 4 members (excludes halogenated alkanes) is 1. The van der Waals surface area contributed by atoms with Crippen LogP contribution in [0, 0.1) is 0 Å². The number of nitrogens with zero attached hydrogens (tertiary/aromatic N) is 1. The molecular formula is C16H25ClN2S. The van der Waals surface area contributed by atoms with Crippen LogP contribution in [-0.2, 0) is 6.42 Å². The summed E-state index contributed by atoms with van der Waals surface area (Å²) in [6, 6.07) is 3.44. The normalized spacial score (nSPS) is 24.2. The number of halogens is 1. The van der Waals surface area contributed by atoms with Crippen molar-refractivity contribution in [2.45, 2.75) is 57.5 Å². The average Bonchev–Trinajstić information content (AvgIpc) is 2.99. The van der Waals surface area contributed by atoms with E-state index in [0.717, 1.165) is 4.34 Å². The van der Waals surface area contributed by atoms with E-state index in [4.69, 9.17) is 11.6 Å². The second-order valence-corrected chi connectivity index (χ2v) is 7.92. The summed E-state index contributed by atoms with van der Waals surface area (Å²) in [6.45, 7) is 6.10. The zero-order valence-electron chi connectivity index (χ0n) is 12.3. The van der Waals surface area contributed by atoms with Crippen LogP contribution < -0.4 is 5.32 Å². The largest absolute Gasteiger partial charge is 0.307 e. The lowest BCUT2D eigenvalue weighted by Crippen LogP contribution is -2.43. The van der Waals surface area contributed by atoms with Crippen molar-refractivity contribution in [1.82, 2.24) is 10.2 Å². The summed E-state index contributed by atoms with van der Waals surface area (Å²) in [5, 5.41) is 3.89. The number of rotatable bonds is 5. The van der Waals surface area contributed by atoms with Gasteiger partial charge in [-0.25, -0.2) is 0 Å². The first-order valence-electron chi connectivity index (χ1n) is 8.02. The Morgan fingerprint density at radius 1 is 1.35 bits per heavy atom. The number of aryl methyl sites for hydroxylation is 1. The first-order chi connectivity index (χ1) is 9.76. The molecule has 0 bridgehead atoms. The minimum atomic E-state index is 0.556. The molecule has 1 atom stereocenters. The molecule has 4 heteroatoms. The van der Waals surface area contributed by atoms with Crippen molar-refractivity contribution in [2.75, 3.05) is 19.6 Å². The molecule has 0 amide bonds. The first kappa shape index (κ1) is 14.8. The summed E-state index contributed by atoms with van der Waals surface area (Å²) in [5.41, 5.74) is 1.48. The molecule has 1 aliphatic heterocycles. The van der Waals surface area contributed by atoms with Gasteiger partial charge in [-0.2, -0.15) is 0 Å². The highest BCUT2D eigenvalue weighted by Gasteiger charge is 2.28. The Bertz CT molecular complexity index is 438. The van der Waals surface area contributed by atoms with Gasteiger partial charge in [0.05, 0.1) is 4.34 Å². The summed E-state index contributed by atoms with van der Waals surface area (Å²) in [5.74, 6) is 0. The highest BCUT2D eigenvalue weighted by Crippen LogP contribution is 2.39. The Labute approximate surface area is 131 Å². The third-order valence-corrected chi connectivity index (χ3v) is 6.04. The van der Waals surface area contributed by atoms with Crippen molar-refractivity contribution in [3.05, 3.63) is 20.8 Å². The Morgan fingerprint density at radius 2 is 2.15 bits per heavy atom. The smallest absolute Gasteiger partial charge is 0.0934 e.